The van der Waals surface area contributed by atoms with Crippen LogP contribution in [0.25, 0.3) is 0 Å². The predicted molar refractivity (Wildman–Crippen MR) is 76.3 cm³/mol. The molecule has 0 saturated carbocycles. The number of carbonyl (C=O) groups is 2. The minimum absolute atomic E-state index is 0.0109. The molecule has 2 amide bonds. The number of urea groups is 1. The molecule has 20 heavy (non-hydrogen) atoms. The zero-order chi connectivity index (χ0) is 15.3. The van der Waals surface area contributed by atoms with Gasteiger partial charge in [0.15, 0.2) is 0 Å². The molecule has 2 N–H and O–H groups in total. The molecule has 0 aromatic rings. The average molecular weight is 281 g/mol. The fourth-order valence-corrected chi connectivity index (χ4v) is 2.14. The van der Waals surface area contributed by atoms with E-state index < -0.39 is 12.0 Å². The number of carboxylic acids is 1. The van der Waals surface area contributed by atoms with Crippen LogP contribution < -0.4 is 5.32 Å². The fourth-order valence-electron chi connectivity index (χ4n) is 2.14. The molecule has 0 aliphatic carbocycles. The zero-order valence-electron chi connectivity index (χ0n) is 12.3. The summed E-state index contributed by atoms with van der Waals surface area (Å²) in [6, 6.07) is -1.38. The summed E-state index contributed by atoms with van der Waals surface area (Å²) in [4.78, 5) is 26.9. The van der Waals surface area contributed by atoms with Gasteiger partial charge in [0.2, 0.25) is 0 Å². The van der Waals surface area contributed by atoms with Crippen LogP contribution in [-0.4, -0.2) is 64.7 Å². The summed E-state index contributed by atoms with van der Waals surface area (Å²) in [5.41, 5.74) is 0.0790. The lowest BCUT2D eigenvalue weighted by Gasteiger charge is -2.42. The van der Waals surface area contributed by atoms with Gasteiger partial charge in [0.05, 0.1) is 0 Å². The van der Waals surface area contributed by atoms with Gasteiger partial charge >= 0.3 is 12.0 Å². The number of hydrogen-bond donors (Lipinski definition) is 2. The molecule has 0 spiro atoms. The summed E-state index contributed by atoms with van der Waals surface area (Å²) in [6.07, 6.45) is 5.09. The summed E-state index contributed by atoms with van der Waals surface area (Å²) < 4.78 is 0. The van der Waals surface area contributed by atoms with Gasteiger partial charge in [-0.3, -0.25) is 4.90 Å². The van der Waals surface area contributed by atoms with Crippen molar-refractivity contribution in [3.8, 4) is 12.3 Å². The number of piperazine rings is 1. The average Bonchev–Trinajstić information content (AvgIpc) is 2.37. The van der Waals surface area contributed by atoms with Crippen LogP contribution in [0.1, 0.15) is 27.2 Å². The highest BCUT2D eigenvalue weighted by Gasteiger charge is 2.29. The minimum atomic E-state index is -1.11. The Balaban J connectivity index is 2.51. The Morgan fingerprint density at radius 2 is 1.85 bits per heavy atom. The van der Waals surface area contributed by atoms with Gasteiger partial charge in [0, 0.05) is 38.1 Å². The van der Waals surface area contributed by atoms with Gasteiger partial charge in [0.1, 0.15) is 6.04 Å². The van der Waals surface area contributed by atoms with Crippen LogP contribution in [0.4, 0.5) is 4.79 Å². The molecule has 0 aromatic heterocycles. The van der Waals surface area contributed by atoms with Gasteiger partial charge in [-0.25, -0.2) is 9.59 Å². The Morgan fingerprint density at radius 1 is 1.30 bits per heavy atom. The summed E-state index contributed by atoms with van der Waals surface area (Å²) >= 11 is 0. The van der Waals surface area contributed by atoms with Crippen molar-refractivity contribution < 1.29 is 14.7 Å². The number of carboxylic acid groups (broad SMARTS) is 1. The first-order valence-corrected chi connectivity index (χ1v) is 6.72. The third-order valence-electron chi connectivity index (χ3n) is 3.43. The van der Waals surface area contributed by atoms with Crippen molar-refractivity contribution in [2.75, 3.05) is 26.2 Å². The quantitative estimate of drug-likeness (QED) is 0.743. The second-order valence-corrected chi connectivity index (χ2v) is 5.89. The lowest BCUT2D eigenvalue weighted by atomic mass is 10.1. The second-order valence-electron chi connectivity index (χ2n) is 5.89. The van der Waals surface area contributed by atoms with Gasteiger partial charge in [-0.1, -0.05) is 0 Å². The van der Waals surface area contributed by atoms with Gasteiger partial charge in [-0.05, 0) is 20.8 Å². The van der Waals surface area contributed by atoms with E-state index in [1.807, 2.05) is 0 Å². The Hall–Kier alpha value is -1.74. The van der Waals surface area contributed by atoms with Crippen molar-refractivity contribution in [3.05, 3.63) is 0 Å². The van der Waals surface area contributed by atoms with Gasteiger partial charge in [0.25, 0.3) is 0 Å². The standard InChI is InChI=1S/C14H23N3O3/c1-5-6-11(12(18)19)15-13(20)16-7-9-17(10-8-16)14(2,3)4/h1,11H,6-10H2,2-4H3,(H,15,20)(H,18,19). The SMILES string of the molecule is C#CCC(NC(=O)N1CCN(C(C)(C)C)CC1)C(=O)O. The number of nitrogens with zero attached hydrogens (tertiary/aromatic N) is 2. The first kappa shape index (κ1) is 16.3. The van der Waals surface area contributed by atoms with Crippen LogP contribution in [-0.2, 0) is 4.79 Å². The van der Waals surface area contributed by atoms with E-state index >= 15 is 0 Å². The van der Waals surface area contributed by atoms with E-state index in [0.717, 1.165) is 13.1 Å². The molecule has 1 heterocycles. The Morgan fingerprint density at radius 3 is 2.25 bits per heavy atom. The molecular formula is C14H23N3O3. The summed E-state index contributed by atoms with van der Waals surface area (Å²) in [5, 5.41) is 11.4. The Labute approximate surface area is 120 Å². The third kappa shape index (κ3) is 4.42. The topological polar surface area (TPSA) is 72.9 Å². The van der Waals surface area contributed by atoms with Crippen LogP contribution in [0, 0.1) is 12.3 Å². The predicted octanol–water partition coefficient (Wildman–Crippen LogP) is 0.589. The first-order valence-electron chi connectivity index (χ1n) is 6.72. The van der Waals surface area contributed by atoms with Crippen LogP contribution in [0.15, 0.2) is 0 Å². The first-order chi connectivity index (χ1) is 9.25. The molecule has 0 aromatic carbocycles. The van der Waals surface area contributed by atoms with Crippen molar-refractivity contribution in [2.45, 2.75) is 38.8 Å². The van der Waals surface area contributed by atoms with Crippen molar-refractivity contribution >= 4 is 12.0 Å². The molecule has 1 saturated heterocycles. The van der Waals surface area contributed by atoms with Crippen LogP contribution in [0.2, 0.25) is 0 Å². The molecule has 0 radical (unpaired) electrons. The fraction of sp³-hybridized carbons (Fsp3) is 0.714. The maximum absolute atomic E-state index is 12.0. The van der Waals surface area contributed by atoms with Crippen molar-refractivity contribution in [1.29, 1.82) is 0 Å². The Bertz CT molecular complexity index is 401. The molecule has 1 aliphatic rings. The number of rotatable bonds is 3. The number of carbonyl (C=O) groups excluding carboxylic acids is 1. The molecule has 1 aliphatic heterocycles. The molecule has 6 nitrogen and oxygen atoms in total. The van der Waals surface area contributed by atoms with E-state index in [0.29, 0.717) is 13.1 Å². The molecule has 112 valence electrons. The minimum Gasteiger partial charge on any atom is -0.480 e. The zero-order valence-corrected chi connectivity index (χ0v) is 12.3. The highest BCUT2D eigenvalue weighted by molar-refractivity contribution is 5.82. The maximum atomic E-state index is 12.0. The van der Waals surface area contributed by atoms with Crippen molar-refractivity contribution in [3.63, 3.8) is 0 Å². The van der Waals surface area contributed by atoms with E-state index in [-0.39, 0.29) is 18.0 Å². The molecule has 1 fully saturated rings. The van der Waals surface area contributed by atoms with Gasteiger partial charge in [-0.2, -0.15) is 0 Å². The van der Waals surface area contributed by atoms with E-state index in [2.05, 4.69) is 36.9 Å². The number of amides is 2. The van der Waals surface area contributed by atoms with Gasteiger partial charge < -0.3 is 15.3 Å². The maximum Gasteiger partial charge on any atom is 0.327 e. The number of terminal acetylenes is 1. The molecule has 0 bridgehead atoms. The van der Waals surface area contributed by atoms with E-state index in [1.54, 1.807) is 4.90 Å². The highest BCUT2D eigenvalue weighted by atomic mass is 16.4. The highest BCUT2D eigenvalue weighted by Crippen LogP contribution is 2.15. The molecule has 6 heteroatoms. The summed E-state index contributed by atoms with van der Waals surface area (Å²) in [5.74, 6) is 1.16. The van der Waals surface area contributed by atoms with Crippen LogP contribution >= 0.6 is 0 Å². The third-order valence-corrected chi connectivity index (χ3v) is 3.43. The van der Waals surface area contributed by atoms with Crippen LogP contribution in [0.3, 0.4) is 0 Å². The van der Waals surface area contributed by atoms with E-state index in [9.17, 15) is 9.59 Å². The van der Waals surface area contributed by atoms with Crippen LogP contribution in [0.5, 0.6) is 0 Å². The second kappa shape index (κ2) is 6.62. The molecule has 1 unspecified atom stereocenters. The monoisotopic (exact) mass is 281 g/mol. The van der Waals surface area contributed by atoms with Gasteiger partial charge in [-0.15, -0.1) is 12.3 Å². The summed E-state index contributed by atoms with van der Waals surface area (Å²) in [7, 11) is 0. The Kier molecular flexibility index (Phi) is 5.40. The largest absolute Gasteiger partial charge is 0.480 e. The molecule has 1 rings (SSSR count). The van der Waals surface area contributed by atoms with E-state index in [1.165, 1.54) is 0 Å². The molecule has 1 atom stereocenters. The number of aliphatic carboxylic acids is 1. The normalized spacial score (nSPS) is 18.2. The van der Waals surface area contributed by atoms with Crippen molar-refractivity contribution in [1.82, 2.24) is 15.1 Å². The van der Waals surface area contributed by atoms with E-state index in [4.69, 9.17) is 11.5 Å². The van der Waals surface area contributed by atoms with Crippen molar-refractivity contribution in [2.24, 2.45) is 0 Å². The molecular weight excluding hydrogens is 258 g/mol. The lowest BCUT2D eigenvalue weighted by molar-refractivity contribution is -0.139. The number of hydrogen-bond acceptors (Lipinski definition) is 3. The lowest BCUT2D eigenvalue weighted by Crippen LogP contribution is -2.57. The summed E-state index contributed by atoms with van der Waals surface area (Å²) in [6.45, 7) is 9.15. The smallest absolute Gasteiger partial charge is 0.327 e. The number of nitrogens with one attached hydrogen (secondary N) is 1.